The first kappa shape index (κ1) is 12.3. The van der Waals surface area contributed by atoms with Crippen LogP contribution in [0.5, 0.6) is 5.75 Å². The van der Waals surface area contributed by atoms with Crippen LogP contribution in [0.15, 0.2) is 18.2 Å². The first-order chi connectivity index (χ1) is 6.90. The third kappa shape index (κ3) is 4.10. The van der Waals surface area contributed by atoms with Crippen molar-refractivity contribution in [1.82, 2.24) is 5.32 Å². The van der Waals surface area contributed by atoms with E-state index in [2.05, 4.69) is 26.1 Å². The van der Waals surface area contributed by atoms with E-state index in [-0.39, 0.29) is 11.2 Å². The number of nitrogens with one attached hydrogen (secondary N) is 1. The van der Waals surface area contributed by atoms with Crippen molar-refractivity contribution < 1.29 is 5.11 Å². The summed E-state index contributed by atoms with van der Waals surface area (Å²) in [6.45, 7) is 7.96. The van der Waals surface area contributed by atoms with E-state index in [1.165, 1.54) is 0 Å². The molecule has 0 spiro atoms. The van der Waals surface area contributed by atoms with Gasteiger partial charge in [-0.25, -0.2) is 0 Å². The van der Waals surface area contributed by atoms with Gasteiger partial charge in [0, 0.05) is 23.7 Å². The zero-order valence-corrected chi connectivity index (χ0v) is 10.2. The highest BCUT2D eigenvalue weighted by atomic mass is 35.5. The molecular formula is C12H18ClNO. The minimum atomic E-state index is 0.233. The van der Waals surface area contributed by atoms with Crippen LogP contribution in [-0.4, -0.2) is 11.7 Å². The molecule has 3 heteroatoms. The van der Waals surface area contributed by atoms with Crippen LogP contribution in [0.25, 0.3) is 0 Å². The van der Waals surface area contributed by atoms with Crippen LogP contribution in [0, 0.1) is 5.41 Å². The number of halogens is 1. The van der Waals surface area contributed by atoms with E-state index in [0.717, 1.165) is 12.1 Å². The Kier molecular flexibility index (Phi) is 4.00. The molecule has 0 saturated heterocycles. The average molecular weight is 228 g/mol. The predicted molar refractivity (Wildman–Crippen MR) is 64.3 cm³/mol. The maximum atomic E-state index is 9.60. The maximum Gasteiger partial charge on any atom is 0.121 e. The number of hydrogen-bond acceptors (Lipinski definition) is 2. The smallest absolute Gasteiger partial charge is 0.121 e. The second-order valence-electron chi connectivity index (χ2n) is 4.90. The second kappa shape index (κ2) is 4.86. The first-order valence-corrected chi connectivity index (χ1v) is 5.45. The summed E-state index contributed by atoms with van der Waals surface area (Å²) in [5.74, 6) is 0.254. The number of hydrogen-bond donors (Lipinski definition) is 2. The van der Waals surface area contributed by atoms with Crippen molar-refractivity contribution in [2.75, 3.05) is 6.54 Å². The van der Waals surface area contributed by atoms with Gasteiger partial charge in [-0.1, -0.05) is 38.4 Å². The molecule has 0 heterocycles. The molecule has 2 N–H and O–H groups in total. The number of benzene rings is 1. The number of phenolic OH excluding ortho intramolecular Hbond substituents is 1. The van der Waals surface area contributed by atoms with Gasteiger partial charge in [0.2, 0.25) is 0 Å². The maximum absolute atomic E-state index is 9.60. The Hall–Kier alpha value is -0.730. The van der Waals surface area contributed by atoms with Crippen molar-refractivity contribution in [2.45, 2.75) is 27.3 Å². The fourth-order valence-corrected chi connectivity index (χ4v) is 1.52. The highest BCUT2D eigenvalue weighted by Crippen LogP contribution is 2.25. The normalized spacial score (nSPS) is 11.7. The minimum absolute atomic E-state index is 0.233. The van der Waals surface area contributed by atoms with Crippen molar-refractivity contribution in [2.24, 2.45) is 5.41 Å². The molecule has 15 heavy (non-hydrogen) atoms. The zero-order chi connectivity index (χ0) is 11.5. The molecule has 0 aliphatic rings. The SMILES string of the molecule is CC(C)(C)CNCc1c(O)cccc1Cl. The molecule has 0 saturated carbocycles. The fraction of sp³-hybridized carbons (Fsp3) is 0.500. The third-order valence-electron chi connectivity index (χ3n) is 2.05. The molecule has 1 aromatic carbocycles. The summed E-state index contributed by atoms with van der Waals surface area (Å²) >= 11 is 5.98. The molecule has 0 aromatic heterocycles. The molecule has 0 unspecified atom stereocenters. The van der Waals surface area contributed by atoms with Gasteiger partial charge in [-0.15, -0.1) is 0 Å². The summed E-state index contributed by atoms with van der Waals surface area (Å²) in [6.07, 6.45) is 0. The van der Waals surface area contributed by atoms with Crippen LogP contribution >= 0.6 is 11.6 Å². The number of rotatable bonds is 3. The van der Waals surface area contributed by atoms with Crippen molar-refractivity contribution >= 4 is 11.6 Å². The van der Waals surface area contributed by atoms with Gasteiger partial charge < -0.3 is 10.4 Å². The minimum Gasteiger partial charge on any atom is -0.508 e. The molecule has 0 atom stereocenters. The first-order valence-electron chi connectivity index (χ1n) is 5.07. The molecule has 0 bridgehead atoms. The topological polar surface area (TPSA) is 32.3 Å². The molecule has 2 nitrogen and oxygen atoms in total. The highest BCUT2D eigenvalue weighted by Gasteiger charge is 2.11. The Morgan fingerprint density at radius 3 is 2.53 bits per heavy atom. The molecule has 0 fully saturated rings. The summed E-state index contributed by atoms with van der Waals surface area (Å²) in [6, 6.07) is 5.18. The predicted octanol–water partition coefficient (Wildman–Crippen LogP) is 3.18. The quantitative estimate of drug-likeness (QED) is 0.832. The Balaban J connectivity index is 2.58. The highest BCUT2D eigenvalue weighted by molar-refractivity contribution is 6.31. The molecule has 84 valence electrons. The van der Waals surface area contributed by atoms with E-state index in [0.29, 0.717) is 11.6 Å². The Bertz CT molecular complexity index is 311. The van der Waals surface area contributed by atoms with E-state index in [9.17, 15) is 5.11 Å². The van der Waals surface area contributed by atoms with E-state index >= 15 is 0 Å². The molecule has 0 aliphatic heterocycles. The lowest BCUT2D eigenvalue weighted by atomic mass is 9.97. The molecule has 1 rings (SSSR count). The van der Waals surface area contributed by atoms with Crippen molar-refractivity contribution in [1.29, 1.82) is 0 Å². The third-order valence-corrected chi connectivity index (χ3v) is 2.41. The van der Waals surface area contributed by atoms with Crippen molar-refractivity contribution in [3.63, 3.8) is 0 Å². The van der Waals surface area contributed by atoms with E-state index < -0.39 is 0 Å². The standard InChI is InChI=1S/C12H18ClNO/c1-12(2,3)8-14-7-9-10(13)5-4-6-11(9)15/h4-6,14-15H,7-8H2,1-3H3. The van der Waals surface area contributed by atoms with Crippen molar-refractivity contribution in [3.05, 3.63) is 28.8 Å². The monoisotopic (exact) mass is 227 g/mol. The lowest BCUT2D eigenvalue weighted by Gasteiger charge is -2.19. The summed E-state index contributed by atoms with van der Waals surface area (Å²) < 4.78 is 0. The summed E-state index contributed by atoms with van der Waals surface area (Å²) in [5.41, 5.74) is 1.00. The molecule has 1 aromatic rings. The van der Waals surface area contributed by atoms with Gasteiger partial charge in [-0.2, -0.15) is 0 Å². The van der Waals surface area contributed by atoms with Crippen LogP contribution in [0.1, 0.15) is 26.3 Å². The number of aromatic hydroxyl groups is 1. The lowest BCUT2D eigenvalue weighted by Crippen LogP contribution is -2.26. The van der Waals surface area contributed by atoms with E-state index in [4.69, 9.17) is 11.6 Å². The molecule has 0 amide bonds. The Morgan fingerprint density at radius 2 is 2.00 bits per heavy atom. The van der Waals surface area contributed by atoms with E-state index in [1.807, 2.05) is 0 Å². The zero-order valence-electron chi connectivity index (χ0n) is 9.47. The van der Waals surface area contributed by atoms with Crippen LogP contribution in [-0.2, 0) is 6.54 Å². The van der Waals surface area contributed by atoms with Gasteiger partial charge in [-0.3, -0.25) is 0 Å². The summed E-state index contributed by atoms with van der Waals surface area (Å²) in [4.78, 5) is 0. The molecule has 0 aliphatic carbocycles. The van der Waals surface area contributed by atoms with Gasteiger partial charge in [0.25, 0.3) is 0 Å². The van der Waals surface area contributed by atoms with Crippen LogP contribution in [0.3, 0.4) is 0 Å². The molecule has 0 radical (unpaired) electrons. The Labute approximate surface area is 96.3 Å². The van der Waals surface area contributed by atoms with E-state index in [1.54, 1.807) is 18.2 Å². The van der Waals surface area contributed by atoms with Crippen LogP contribution in [0.2, 0.25) is 5.02 Å². The lowest BCUT2D eigenvalue weighted by molar-refractivity contribution is 0.376. The van der Waals surface area contributed by atoms with Gasteiger partial charge in [0.15, 0.2) is 0 Å². The largest absolute Gasteiger partial charge is 0.508 e. The van der Waals surface area contributed by atoms with Gasteiger partial charge in [0.05, 0.1) is 0 Å². The number of phenols is 1. The summed E-state index contributed by atoms with van der Waals surface area (Å²) in [7, 11) is 0. The Morgan fingerprint density at radius 1 is 1.33 bits per heavy atom. The van der Waals surface area contributed by atoms with Crippen LogP contribution < -0.4 is 5.32 Å². The average Bonchev–Trinajstić information content (AvgIpc) is 2.08. The van der Waals surface area contributed by atoms with Gasteiger partial charge >= 0.3 is 0 Å². The fourth-order valence-electron chi connectivity index (χ4n) is 1.28. The second-order valence-corrected chi connectivity index (χ2v) is 5.31. The van der Waals surface area contributed by atoms with Crippen LogP contribution in [0.4, 0.5) is 0 Å². The van der Waals surface area contributed by atoms with Gasteiger partial charge in [-0.05, 0) is 17.5 Å². The van der Waals surface area contributed by atoms with Crippen molar-refractivity contribution in [3.8, 4) is 5.75 Å². The van der Waals surface area contributed by atoms with Gasteiger partial charge in [0.1, 0.15) is 5.75 Å². The molecular weight excluding hydrogens is 210 g/mol. The summed E-state index contributed by atoms with van der Waals surface area (Å²) in [5, 5.41) is 13.5.